The Morgan fingerprint density at radius 1 is 1.05 bits per heavy atom. The maximum atomic E-state index is 12.7. The van der Waals surface area contributed by atoms with Crippen molar-refractivity contribution in [2.45, 2.75) is 58.0 Å². The van der Waals surface area contributed by atoms with Crippen LogP contribution in [0.4, 0.5) is 0 Å². The largest absolute Gasteiger partial charge is 0.481 e. The molecule has 2 aliphatic rings. The van der Waals surface area contributed by atoms with Crippen molar-refractivity contribution in [3.05, 3.63) is 12.2 Å². The molecule has 1 heterocycles. The zero-order valence-electron chi connectivity index (χ0n) is 11.7. The molecule has 1 saturated heterocycles. The van der Waals surface area contributed by atoms with Crippen molar-refractivity contribution >= 4 is 11.9 Å². The Hall–Kier alpha value is -1.32. The summed E-state index contributed by atoms with van der Waals surface area (Å²) in [6.45, 7) is 4.14. The molecule has 4 nitrogen and oxygen atoms in total. The average molecular weight is 265 g/mol. The van der Waals surface area contributed by atoms with Crippen LogP contribution < -0.4 is 0 Å². The van der Waals surface area contributed by atoms with E-state index in [1.807, 2.05) is 17.1 Å². The minimum absolute atomic E-state index is 0.0384. The first-order valence-corrected chi connectivity index (χ1v) is 7.22. The van der Waals surface area contributed by atoms with E-state index < -0.39 is 11.9 Å². The van der Waals surface area contributed by atoms with Crippen LogP contribution in [0, 0.1) is 11.8 Å². The van der Waals surface area contributed by atoms with E-state index in [-0.39, 0.29) is 23.9 Å². The fraction of sp³-hybridized carbons (Fsp3) is 0.733. The Balaban J connectivity index is 2.17. The van der Waals surface area contributed by atoms with Crippen LogP contribution >= 0.6 is 0 Å². The normalized spacial score (nSPS) is 35.2. The SMILES string of the molecule is CC1CCCC(C)N1C(=O)C1CC=CCC1C(=O)O. The zero-order valence-corrected chi connectivity index (χ0v) is 11.7. The van der Waals surface area contributed by atoms with Crippen LogP contribution in [0.5, 0.6) is 0 Å². The molecule has 0 aromatic heterocycles. The minimum atomic E-state index is -0.847. The number of hydrogen-bond donors (Lipinski definition) is 1. The lowest BCUT2D eigenvalue weighted by atomic mass is 9.81. The summed E-state index contributed by atoms with van der Waals surface area (Å²) in [5.74, 6) is -1.75. The third kappa shape index (κ3) is 2.82. The molecule has 0 bridgehead atoms. The van der Waals surface area contributed by atoms with Gasteiger partial charge in [0.1, 0.15) is 0 Å². The first-order valence-electron chi connectivity index (χ1n) is 7.22. The second-order valence-corrected chi connectivity index (χ2v) is 5.87. The summed E-state index contributed by atoms with van der Waals surface area (Å²) >= 11 is 0. The molecule has 4 heteroatoms. The molecule has 0 saturated carbocycles. The predicted octanol–water partition coefficient (Wildman–Crippen LogP) is 2.44. The Labute approximate surface area is 114 Å². The lowest BCUT2D eigenvalue weighted by molar-refractivity contribution is -0.153. The quantitative estimate of drug-likeness (QED) is 0.780. The van der Waals surface area contributed by atoms with Crippen molar-refractivity contribution in [1.82, 2.24) is 4.90 Å². The molecule has 0 spiro atoms. The Morgan fingerprint density at radius 2 is 1.58 bits per heavy atom. The molecule has 1 aliphatic carbocycles. The summed E-state index contributed by atoms with van der Waals surface area (Å²) in [4.78, 5) is 26.0. The number of amides is 1. The first-order chi connectivity index (χ1) is 9.02. The molecule has 1 N–H and O–H groups in total. The van der Waals surface area contributed by atoms with Gasteiger partial charge in [0.2, 0.25) is 5.91 Å². The predicted molar refractivity (Wildman–Crippen MR) is 72.6 cm³/mol. The van der Waals surface area contributed by atoms with Gasteiger partial charge in [0, 0.05) is 12.1 Å². The molecule has 0 aromatic carbocycles. The molecule has 1 fully saturated rings. The van der Waals surface area contributed by atoms with E-state index in [9.17, 15) is 14.7 Å². The number of carboxylic acids is 1. The Kier molecular flexibility index (Phi) is 4.27. The smallest absolute Gasteiger partial charge is 0.307 e. The van der Waals surface area contributed by atoms with E-state index in [1.165, 1.54) is 0 Å². The number of carboxylic acid groups (broad SMARTS) is 1. The van der Waals surface area contributed by atoms with E-state index in [2.05, 4.69) is 13.8 Å². The van der Waals surface area contributed by atoms with Gasteiger partial charge < -0.3 is 10.0 Å². The summed E-state index contributed by atoms with van der Waals surface area (Å²) in [6, 6.07) is 0.466. The van der Waals surface area contributed by atoms with Crippen LogP contribution in [-0.4, -0.2) is 34.0 Å². The monoisotopic (exact) mass is 265 g/mol. The number of hydrogen-bond acceptors (Lipinski definition) is 2. The highest BCUT2D eigenvalue weighted by atomic mass is 16.4. The lowest BCUT2D eigenvalue weighted by Gasteiger charge is -2.42. The van der Waals surface area contributed by atoms with Gasteiger partial charge in [-0.05, 0) is 46.0 Å². The van der Waals surface area contributed by atoms with Crippen LogP contribution in [0.2, 0.25) is 0 Å². The van der Waals surface area contributed by atoms with Gasteiger partial charge in [-0.3, -0.25) is 9.59 Å². The summed E-state index contributed by atoms with van der Waals surface area (Å²) in [6.07, 6.45) is 8.06. The number of piperidine rings is 1. The van der Waals surface area contributed by atoms with E-state index in [4.69, 9.17) is 0 Å². The van der Waals surface area contributed by atoms with E-state index in [0.29, 0.717) is 12.8 Å². The molecule has 0 aromatic rings. The van der Waals surface area contributed by atoms with Crippen molar-refractivity contribution in [2.75, 3.05) is 0 Å². The fourth-order valence-electron chi connectivity index (χ4n) is 3.41. The topological polar surface area (TPSA) is 57.6 Å². The minimum Gasteiger partial charge on any atom is -0.481 e. The fourth-order valence-corrected chi connectivity index (χ4v) is 3.41. The summed E-state index contributed by atoms with van der Waals surface area (Å²) in [5, 5.41) is 9.28. The Morgan fingerprint density at radius 3 is 2.11 bits per heavy atom. The lowest BCUT2D eigenvalue weighted by Crippen LogP contribution is -2.51. The van der Waals surface area contributed by atoms with Crippen molar-refractivity contribution in [2.24, 2.45) is 11.8 Å². The number of rotatable bonds is 2. The van der Waals surface area contributed by atoms with Crippen LogP contribution in [-0.2, 0) is 9.59 Å². The maximum Gasteiger partial charge on any atom is 0.307 e. The van der Waals surface area contributed by atoms with Gasteiger partial charge in [0.05, 0.1) is 11.8 Å². The molecule has 1 aliphatic heterocycles. The van der Waals surface area contributed by atoms with E-state index >= 15 is 0 Å². The second kappa shape index (κ2) is 5.76. The van der Waals surface area contributed by atoms with Crippen molar-refractivity contribution in [1.29, 1.82) is 0 Å². The maximum absolute atomic E-state index is 12.7. The number of nitrogens with zero attached hydrogens (tertiary/aromatic N) is 1. The van der Waals surface area contributed by atoms with Crippen LogP contribution in [0.15, 0.2) is 12.2 Å². The standard InChI is InChI=1S/C15H23NO3/c1-10-6-5-7-11(2)16(10)14(17)12-8-3-4-9-13(12)15(18)19/h3-4,10-13H,5-9H2,1-2H3,(H,18,19). The van der Waals surface area contributed by atoms with Crippen LogP contribution in [0.3, 0.4) is 0 Å². The van der Waals surface area contributed by atoms with Gasteiger partial charge in [0.25, 0.3) is 0 Å². The van der Waals surface area contributed by atoms with Gasteiger partial charge >= 0.3 is 5.97 Å². The molecule has 0 radical (unpaired) electrons. The first kappa shape index (κ1) is 14.1. The third-order valence-corrected chi connectivity index (χ3v) is 4.51. The number of allylic oxidation sites excluding steroid dienone is 2. The molecular formula is C15H23NO3. The molecular weight excluding hydrogens is 242 g/mol. The number of aliphatic carboxylic acids is 1. The summed E-state index contributed by atoms with van der Waals surface area (Å²) in [5.41, 5.74) is 0. The summed E-state index contributed by atoms with van der Waals surface area (Å²) < 4.78 is 0. The number of carbonyl (C=O) groups is 2. The van der Waals surface area contributed by atoms with Gasteiger partial charge in [-0.15, -0.1) is 0 Å². The zero-order chi connectivity index (χ0) is 14.0. The highest BCUT2D eigenvalue weighted by Gasteiger charge is 2.39. The Bertz CT molecular complexity index is 381. The summed E-state index contributed by atoms with van der Waals surface area (Å²) in [7, 11) is 0. The molecule has 19 heavy (non-hydrogen) atoms. The van der Waals surface area contributed by atoms with E-state index in [1.54, 1.807) is 0 Å². The highest BCUT2D eigenvalue weighted by molar-refractivity contribution is 5.85. The number of likely N-dealkylation sites (tertiary alicyclic amines) is 1. The second-order valence-electron chi connectivity index (χ2n) is 5.87. The van der Waals surface area contributed by atoms with Crippen molar-refractivity contribution in [3.8, 4) is 0 Å². The van der Waals surface area contributed by atoms with Gasteiger partial charge in [-0.25, -0.2) is 0 Å². The van der Waals surface area contributed by atoms with Gasteiger partial charge in [0.15, 0.2) is 0 Å². The molecule has 2 rings (SSSR count). The average Bonchev–Trinajstić information content (AvgIpc) is 2.38. The molecule has 4 unspecified atom stereocenters. The third-order valence-electron chi connectivity index (χ3n) is 4.51. The van der Waals surface area contributed by atoms with Crippen LogP contribution in [0.25, 0.3) is 0 Å². The highest BCUT2D eigenvalue weighted by Crippen LogP contribution is 2.32. The van der Waals surface area contributed by atoms with Gasteiger partial charge in [-0.1, -0.05) is 12.2 Å². The van der Waals surface area contributed by atoms with Crippen LogP contribution in [0.1, 0.15) is 46.0 Å². The van der Waals surface area contributed by atoms with Crippen molar-refractivity contribution in [3.63, 3.8) is 0 Å². The van der Waals surface area contributed by atoms with E-state index in [0.717, 1.165) is 19.3 Å². The molecule has 106 valence electrons. The number of carbonyl (C=O) groups excluding carboxylic acids is 1. The molecule has 4 atom stereocenters. The van der Waals surface area contributed by atoms with Gasteiger partial charge in [-0.2, -0.15) is 0 Å². The molecule has 1 amide bonds. The van der Waals surface area contributed by atoms with Crippen molar-refractivity contribution < 1.29 is 14.7 Å².